The van der Waals surface area contributed by atoms with Crippen LogP contribution in [0.5, 0.6) is 5.75 Å². The Kier molecular flexibility index (Phi) is 7.11. The summed E-state index contributed by atoms with van der Waals surface area (Å²) in [6, 6.07) is 13.3. The predicted octanol–water partition coefficient (Wildman–Crippen LogP) is 7.37. The van der Waals surface area contributed by atoms with Crippen molar-refractivity contribution in [2.24, 2.45) is 0 Å². The summed E-state index contributed by atoms with van der Waals surface area (Å²) in [5, 5.41) is 0.719. The summed E-state index contributed by atoms with van der Waals surface area (Å²) >= 11 is 13.6. The zero-order chi connectivity index (χ0) is 22.0. The van der Waals surface area contributed by atoms with Crippen molar-refractivity contribution in [3.63, 3.8) is 0 Å². The van der Waals surface area contributed by atoms with E-state index in [0.29, 0.717) is 15.6 Å². The van der Waals surface area contributed by atoms with Crippen LogP contribution in [0.3, 0.4) is 0 Å². The van der Waals surface area contributed by atoms with E-state index in [9.17, 15) is 13.6 Å². The summed E-state index contributed by atoms with van der Waals surface area (Å²) in [6.45, 7) is 2.70. The molecule has 1 heterocycles. The fraction of sp³-hybridized carbons (Fsp3) is 0.227. The first-order valence-corrected chi connectivity index (χ1v) is 10.7. The largest absolute Gasteiger partial charge is 0.435 e. The van der Waals surface area contributed by atoms with Gasteiger partial charge >= 0.3 is 6.61 Å². The number of alkyl halides is 2. The highest BCUT2D eigenvalue weighted by Crippen LogP contribution is 2.34. The van der Waals surface area contributed by atoms with Gasteiger partial charge in [-0.15, -0.1) is 11.8 Å². The Bertz CT molecular complexity index is 1070. The topological polar surface area (TPSA) is 31.2 Å². The lowest BCUT2D eigenvalue weighted by Crippen LogP contribution is -2.14. The normalized spacial score (nSPS) is 12.3. The number of carbonyl (C=O) groups is 1. The molecule has 0 saturated heterocycles. The molecule has 1 atom stereocenters. The molecule has 8 heteroatoms. The van der Waals surface area contributed by atoms with E-state index in [1.54, 1.807) is 30.3 Å². The number of benzene rings is 2. The number of aromatic nitrogens is 1. The number of aryl methyl sites for hydroxylation is 1. The molecular formula is C22H19Cl2F2NO2S. The van der Waals surface area contributed by atoms with Gasteiger partial charge in [0.05, 0.1) is 10.3 Å². The van der Waals surface area contributed by atoms with Crippen LogP contribution in [0, 0.1) is 13.8 Å². The van der Waals surface area contributed by atoms with E-state index in [2.05, 4.69) is 4.74 Å². The van der Waals surface area contributed by atoms with Crippen molar-refractivity contribution in [1.82, 2.24) is 4.57 Å². The fourth-order valence-electron chi connectivity index (χ4n) is 3.22. The molecule has 3 rings (SSSR count). The lowest BCUT2D eigenvalue weighted by molar-refractivity contribution is -0.0498. The third-order valence-corrected chi connectivity index (χ3v) is 6.42. The van der Waals surface area contributed by atoms with Gasteiger partial charge in [-0.05, 0) is 69.3 Å². The highest BCUT2D eigenvalue weighted by molar-refractivity contribution is 8.00. The van der Waals surface area contributed by atoms with E-state index in [1.807, 2.05) is 31.4 Å². The summed E-state index contributed by atoms with van der Waals surface area (Å²) in [5.74, 6) is 0.0454. The van der Waals surface area contributed by atoms with Crippen LogP contribution >= 0.6 is 35.0 Å². The maximum absolute atomic E-state index is 13.1. The first-order valence-electron chi connectivity index (χ1n) is 9.07. The molecule has 0 saturated carbocycles. The van der Waals surface area contributed by atoms with Crippen LogP contribution in [0.25, 0.3) is 5.69 Å². The Hall–Kier alpha value is -2.02. The van der Waals surface area contributed by atoms with Crippen LogP contribution in [0.2, 0.25) is 10.0 Å². The van der Waals surface area contributed by atoms with Crippen LogP contribution < -0.4 is 4.74 Å². The van der Waals surface area contributed by atoms with Crippen LogP contribution in [-0.4, -0.2) is 22.2 Å². The molecule has 0 aliphatic heterocycles. The highest BCUT2D eigenvalue weighted by Gasteiger charge is 2.23. The van der Waals surface area contributed by atoms with Gasteiger partial charge in [-0.1, -0.05) is 23.2 Å². The Morgan fingerprint density at radius 3 is 2.37 bits per heavy atom. The van der Waals surface area contributed by atoms with Crippen LogP contribution in [0.4, 0.5) is 8.78 Å². The number of thioether (sulfide) groups is 1. The maximum Gasteiger partial charge on any atom is 0.387 e. The second-order valence-electron chi connectivity index (χ2n) is 6.69. The minimum Gasteiger partial charge on any atom is -0.435 e. The van der Waals surface area contributed by atoms with E-state index < -0.39 is 6.61 Å². The van der Waals surface area contributed by atoms with E-state index in [4.69, 9.17) is 23.2 Å². The molecule has 0 fully saturated rings. The maximum atomic E-state index is 13.1. The number of ether oxygens (including phenoxy) is 1. The van der Waals surface area contributed by atoms with Crippen molar-refractivity contribution in [1.29, 1.82) is 0 Å². The zero-order valence-corrected chi connectivity index (χ0v) is 18.8. The molecule has 30 heavy (non-hydrogen) atoms. The third-order valence-electron chi connectivity index (χ3n) is 4.58. The SMILES string of the molecule is Cc1cc(C(=O)C(C)Sc2cc(Cl)ccc2Cl)c(C)n1-c1ccc(OC(F)F)cc1. The standard InChI is InChI=1S/C22H19Cl2F2NO2S/c1-12-10-18(21(28)14(3)30-20-11-15(23)4-9-19(20)24)13(2)27(12)16-5-7-17(8-6-16)29-22(25)26/h4-11,14,22H,1-3H3. The van der Waals surface area contributed by atoms with Gasteiger partial charge in [-0.3, -0.25) is 4.79 Å². The van der Waals surface area contributed by atoms with Crippen LogP contribution in [-0.2, 0) is 0 Å². The average molecular weight is 470 g/mol. The van der Waals surface area contributed by atoms with Gasteiger partial charge in [0, 0.05) is 32.6 Å². The number of halogens is 4. The zero-order valence-electron chi connectivity index (χ0n) is 16.5. The molecule has 1 unspecified atom stereocenters. The molecule has 3 nitrogen and oxygen atoms in total. The fourth-order valence-corrected chi connectivity index (χ4v) is 4.70. The number of nitrogens with zero attached hydrogens (tertiary/aromatic N) is 1. The van der Waals surface area contributed by atoms with Gasteiger partial charge in [-0.25, -0.2) is 0 Å². The molecule has 3 aromatic rings. The summed E-state index contributed by atoms with van der Waals surface area (Å²) in [6.07, 6.45) is 0. The van der Waals surface area contributed by atoms with Gasteiger partial charge in [-0.2, -0.15) is 8.78 Å². The van der Waals surface area contributed by atoms with Crippen molar-refractivity contribution < 1.29 is 18.3 Å². The van der Waals surface area contributed by atoms with Crippen LogP contribution in [0.1, 0.15) is 28.7 Å². The monoisotopic (exact) mass is 469 g/mol. The van der Waals surface area contributed by atoms with E-state index in [0.717, 1.165) is 22.0 Å². The lowest BCUT2D eigenvalue weighted by atomic mass is 10.1. The van der Waals surface area contributed by atoms with Gasteiger partial charge < -0.3 is 9.30 Å². The summed E-state index contributed by atoms with van der Waals surface area (Å²) < 4.78 is 31.0. The average Bonchev–Trinajstić information content (AvgIpc) is 2.98. The second kappa shape index (κ2) is 9.41. The Morgan fingerprint density at radius 2 is 1.73 bits per heavy atom. The van der Waals surface area contributed by atoms with E-state index >= 15 is 0 Å². The van der Waals surface area contributed by atoms with Crippen molar-refractivity contribution in [3.05, 3.63) is 75.5 Å². The Labute approximate surface area is 187 Å². The van der Waals surface area contributed by atoms with Crippen LogP contribution in [0.15, 0.2) is 53.4 Å². The van der Waals surface area contributed by atoms with E-state index in [-0.39, 0.29) is 16.8 Å². The molecule has 1 aromatic heterocycles. The first-order chi connectivity index (χ1) is 14.2. The number of rotatable bonds is 7. The second-order valence-corrected chi connectivity index (χ2v) is 8.92. The highest BCUT2D eigenvalue weighted by atomic mass is 35.5. The minimum absolute atomic E-state index is 0.0342. The summed E-state index contributed by atoms with van der Waals surface area (Å²) in [7, 11) is 0. The quantitative estimate of drug-likeness (QED) is 0.267. The summed E-state index contributed by atoms with van der Waals surface area (Å²) in [4.78, 5) is 13.9. The number of ketones is 1. The first kappa shape index (κ1) is 22.7. The molecule has 0 N–H and O–H groups in total. The Morgan fingerprint density at radius 1 is 1.07 bits per heavy atom. The van der Waals surface area contributed by atoms with Crippen molar-refractivity contribution >= 4 is 40.7 Å². The predicted molar refractivity (Wildman–Crippen MR) is 118 cm³/mol. The number of hydrogen-bond acceptors (Lipinski definition) is 3. The summed E-state index contributed by atoms with van der Waals surface area (Å²) in [5.41, 5.74) is 2.98. The van der Waals surface area contributed by atoms with Gasteiger partial charge in [0.1, 0.15) is 5.75 Å². The van der Waals surface area contributed by atoms with Crippen molar-refractivity contribution in [3.8, 4) is 11.4 Å². The molecule has 0 aliphatic rings. The number of carbonyl (C=O) groups excluding carboxylic acids is 1. The molecule has 2 aromatic carbocycles. The molecule has 0 spiro atoms. The molecule has 0 radical (unpaired) electrons. The molecule has 0 aliphatic carbocycles. The smallest absolute Gasteiger partial charge is 0.387 e. The van der Waals surface area contributed by atoms with Crippen molar-refractivity contribution in [2.75, 3.05) is 0 Å². The lowest BCUT2D eigenvalue weighted by Gasteiger charge is -2.13. The van der Waals surface area contributed by atoms with Gasteiger partial charge in [0.2, 0.25) is 0 Å². The number of Topliss-reactive ketones (excluding diaryl/α,β-unsaturated/α-hetero) is 1. The van der Waals surface area contributed by atoms with Gasteiger partial charge in [0.15, 0.2) is 5.78 Å². The molecular weight excluding hydrogens is 451 g/mol. The molecule has 0 bridgehead atoms. The minimum atomic E-state index is -2.87. The van der Waals surface area contributed by atoms with Crippen molar-refractivity contribution in [2.45, 2.75) is 37.5 Å². The van der Waals surface area contributed by atoms with Gasteiger partial charge in [0.25, 0.3) is 0 Å². The van der Waals surface area contributed by atoms with E-state index in [1.165, 1.54) is 23.9 Å². The molecule has 158 valence electrons. The number of hydrogen-bond donors (Lipinski definition) is 0. The molecule has 0 amide bonds. The third kappa shape index (κ3) is 4.99. The Balaban J connectivity index is 1.85.